The first kappa shape index (κ1) is 10.6. The van der Waals surface area contributed by atoms with Crippen molar-refractivity contribution in [2.45, 2.75) is 19.4 Å². The molecule has 1 N–H and O–H groups in total. The Morgan fingerprint density at radius 3 is 2.29 bits per heavy atom. The number of rotatable bonds is 1. The Balaban J connectivity index is 3.38. The predicted molar refractivity (Wildman–Crippen MR) is 46.3 cm³/mol. The van der Waals surface area contributed by atoms with Gasteiger partial charge >= 0.3 is 0 Å². The third kappa shape index (κ3) is 1.88. The molecular formula is C10H9F2NO. The van der Waals surface area contributed by atoms with Crippen LogP contribution in [0.4, 0.5) is 8.78 Å². The highest BCUT2D eigenvalue weighted by molar-refractivity contribution is 5.36. The van der Waals surface area contributed by atoms with Crippen molar-refractivity contribution in [3.8, 4) is 6.07 Å². The molecule has 0 saturated heterocycles. The summed E-state index contributed by atoms with van der Waals surface area (Å²) in [5.74, 6) is -1.61. The Hall–Kier alpha value is -1.47. The lowest BCUT2D eigenvalue weighted by molar-refractivity contribution is 0.0741. The first-order valence-electron chi connectivity index (χ1n) is 3.98. The Bertz CT molecular complexity index is 402. The fraction of sp³-hybridized carbons (Fsp3) is 0.300. The van der Waals surface area contributed by atoms with Gasteiger partial charge < -0.3 is 5.11 Å². The fourth-order valence-corrected chi connectivity index (χ4v) is 1.10. The molecule has 74 valence electrons. The first-order chi connectivity index (χ1) is 6.36. The summed E-state index contributed by atoms with van der Waals surface area (Å²) in [6.45, 7) is 2.69. The molecule has 0 saturated carbocycles. The molecule has 1 rings (SSSR count). The van der Waals surface area contributed by atoms with E-state index in [0.717, 1.165) is 12.1 Å². The van der Waals surface area contributed by atoms with Crippen LogP contribution in [0.25, 0.3) is 0 Å². The molecule has 1 aromatic carbocycles. The van der Waals surface area contributed by atoms with E-state index in [0.29, 0.717) is 0 Å². The second kappa shape index (κ2) is 3.35. The summed E-state index contributed by atoms with van der Waals surface area (Å²) in [5.41, 5.74) is -1.98. The minimum absolute atomic E-state index is 0.158. The van der Waals surface area contributed by atoms with Gasteiger partial charge in [-0.15, -0.1) is 0 Å². The Morgan fingerprint density at radius 2 is 1.86 bits per heavy atom. The highest BCUT2D eigenvalue weighted by atomic mass is 19.1. The van der Waals surface area contributed by atoms with Crippen LogP contribution in [0.15, 0.2) is 12.1 Å². The standard InChI is InChI=1S/C10H9F2NO/c1-10(2,14)7-4-8(11)6(5-13)3-9(7)12/h3-4,14H,1-2H3. The van der Waals surface area contributed by atoms with Gasteiger partial charge in [0, 0.05) is 5.56 Å². The van der Waals surface area contributed by atoms with Crippen LogP contribution in [0.1, 0.15) is 25.0 Å². The first-order valence-corrected chi connectivity index (χ1v) is 3.98. The van der Waals surface area contributed by atoms with Gasteiger partial charge in [-0.05, 0) is 26.0 Å². The second-order valence-electron chi connectivity index (χ2n) is 3.48. The van der Waals surface area contributed by atoms with E-state index in [1.165, 1.54) is 19.9 Å². The molecule has 0 aliphatic rings. The lowest BCUT2D eigenvalue weighted by Gasteiger charge is -2.18. The van der Waals surface area contributed by atoms with Crippen molar-refractivity contribution in [2.75, 3.05) is 0 Å². The molecule has 0 aliphatic carbocycles. The van der Waals surface area contributed by atoms with Gasteiger partial charge in [-0.25, -0.2) is 8.78 Å². The number of hydrogen-bond acceptors (Lipinski definition) is 2. The van der Waals surface area contributed by atoms with Crippen molar-refractivity contribution >= 4 is 0 Å². The molecule has 0 aliphatic heterocycles. The lowest BCUT2D eigenvalue weighted by Crippen LogP contribution is -2.18. The average molecular weight is 197 g/mol. The summed E-state index contributed by atoms with van der Waals surface area (Å²) in [5, 5.41) is 17.9. The predicted octanol–water partition coefficient (Wildman–Crippen LogP) is 2.06. The number of aliphatic hydroxyl groups is 1. The molecule has 0 radical (unpaired) electrons. The Kier molecular flexibility index (Phi) is 2.54. The Labute approximate surface area is 80.4 Å². The fourth-order valence-electron chi connectivity index (χ4n) is 1.10. The molecule has 0 aromatic heterocycles. The molecular weight excluding hydrogens is 188 g/mol. The van der Waals surface area contributed by atoms with Crippen molar-refractivity contribution < 1.29 is 13.9 Å². The van der Waals surface area contributed by atoms with Crippen LogP contribution in [0.3, 0.4) is 0 Å². The quantitative estimate of drug-likeness (QED) is 0.748. The van der Waals surface area contributed by atoms with Gasteiger partial charge in [-0.2, -0.15) is 5.26 Å². The van der Waals surface area contributed by atoms with E-state index < -0.39 is 17.2 Å². The number of halogens is 2. The molecule has 0 atom stereocenters. The van der Waals surface area contributed by atoms with E-state index in [4.69, 9.17) is 5.26 Å². The van der Waals surface area contributed by atoms with Gasteiger partial charge in [0.1, 0.15) is 17.7 Å². The van der Waals surface area contributed by atoms with E-state index in [9.17, 15) is 13.9 Å². The van der Waals surface area contributed by atoms with E-state index in [1.807, 2.05) is 0 Å². The van der Waals surface area contributed by atoms with Crippen LogP contribution in [0.2, 0.25) is 0 Å². The number of nitriles is 1. The highest BCUT2D eigenvalue weighted by Gasteiger charge is 2.22. The molecule has 0 heterocycles. The molecule has 4 heteroatoms. The van der Waals surface area contributed by atoms with Crippen LogP contribution < -0.4 is 0 Å². The zero-order chi connectivity index (χ0) is 10.9. The van der Waals surface area contributed by atoms with E-state index >= 15 is 0 Å². The van der Waals surface area contributed by atoms with E-state index in [1.54, 1.807) is 0 Å². The van der Waals surface area contributed by atoms with Crippen LogP contribution in [0.5, 0.6) is 0 Å². The normalized spacial score (nSPS) is 11.1. The maximum atomic E-state index is 13.2. The third-order valence-electron chi connectivity index (χ3n) is 1.84. The monoisotopic (exact) mass is 197 g/mol. The van der Waals surface area contributed by atoms with Crippen LogP contribution in [-0.2, 0) is 5.60 Å². The van der Waals surface area contributed by atoms with Crippen molar-refractivity contribution in [2.24, 2.45) is 0 Å². The van der Waals surface area contributed by atoms with Crippen molar-refractivity contribution in [3.05, 3.63) is 34.9 Å². The molecule has 0 bridgehead atoms. The topological polar surface area (TPSA) is 44.0 Å². The molecule has 0 unspecified atom stereocenters. The smallest absolute Gasteiger partial charge is 0.141 e. The maximum absolute atomic E-state index is 13.2. The van der Waals surface area contributed by atoms with Gasteiger partial charge in [0.05, 0.1) is 11.2 Å². The van der Waals surface area contributed by atoms with Gasteiger partial charge in [0.2, 0.25) is 0 Å². The van der Waals surface area contributed by atoms with Gasteiger partial charge in [0.25, 0.3) is 0 Å². The van der Waals surface area contributed by atoms with Crippen molar-refractivity contribution in [3.63, 3.8) is 0 Å². The molecule has 0 spiro atoms. The molecule has 0 amide bonds. The maximum Gasteiger partial charge on any atom is 0.141 e. The van der Waals surface area contributed by atoms with Crippen LogP contribution in [0, 0.1) is 23.0 Å². The third-order valence-corrected chi connectivity index (χ3v) is 1.84. The summed E-state index contributed by atoms with van der Waals surface area (Å²) in [7, 11) is 0. The number of hydrogen-bond donors (Lipinski definition) is 1. The lowest BCUT2D eigenvalue weighted by atomic mass is 9.96. The molecule has 1 aromatic rings. The summed E-state index contributed by atoms with van der Waals surface area (Å²) in [6.07, 6.45) is 0. The Morgan fingerprint density at radius 1 is 1.29 bits per heavy atom. The molecule has 14 heavy (non-hydrogen) atoms. The second-order valence-corrected chi connectivity index (χ2v) is 3.48. The zero-order valence-corrected chi connectivity index (χ0v) is 7.81. The average Bonchev–Trinajstić information content (AvgIpc) is 2.06. The summed E-state index contributed by atoms with van der Waals surface area (Å²) >= 11 is 0. The van der Waals surface area contributed by atoms with Gasteiger partial charge in [-0.1, -0.05) is 0 Å². The largest absolute Gasteiger partial charge is 0.386 e. The minimum atomic E-state index is -1.46. The van der Waals surface area contributed by atoms with Crippen molar-refractivity contribution in [1.29, 1.82) is 5.26 Å². The summed E-state index contributed by atoms with van der Waals surface area (Å²) < 4.78 is 26.3. The summed E-state index contributed by atoms with van der Waals surface area (Å²) in [4.78, 5) is 0. The minimum Gasteiger partial charge on any atom is -0.386 e. The van der Waals surface area contributed by atoms with Crippen LogP contribution >= 0.6 is 0 Å². The van der Waals surface area contributed by atoms with Crippen molar-refractivity contribution in [1.82, 2.24) is 0 Å². The van der Waals surface area contributed by atoms with Gasteiger partial charge in [-0.3, -0.25) is 0 Å². The molecule has 0 fully saturated rings. The van der Waals surface area contributed by atoms with E-state index in [-0.39, 0.29) is 11.1 Å². The molecule has 2 nitrogen and oxygen atoms in total. The number of nitrogens with zero attached hydrogens (tertiary/aromatic N) is 1. The van der Waals surface area contributed by atoms with E-state index in [2.05, 4.69) is 0 Å². The zero-order valence-electron chi connectivity index (χ0n) is 7.81. The summed E-state index contributed by atoms with van der Waals surface area (Å²) in [6, 6.07) is 3.14. The highest BCUT2D eigenvalue weighted by Crippen LogP contribution is 2.25. The SMILES string of the molecule is CC(C)(O)c1cc(F)c(C#N)cc1F. The van der Waals surface area contributed by atoms with Gasteiger partial charge in [0.15, 0.2) is 0 Å². The van der Waals surface area contributed by atoms with Crippen LogP contribution in [-0.4, -0.2) is 5.11 Å². The number of benzene rings is 1.